The summed E-state index contributed by atoms with van der Waals surface area (Å²) in [5, 5.41) is 6.15. The number of hydrogen-bond acceptors (Lipinski definition) is 4. The molecular formula is C12H25ClN2O3. The standard InChI is InChI=1S/C12H24N2O3.ClH/c1-11(2,16-3)9-14-10(15)12(17-4)5-7-13-8-6-12;/h13H,5-9H2,1-4H3,(H,14,15);1H. The Kier molecular flexibility index (Phi) is 7.14. The average molecular weight is 281 g/mol. The van der Waals surface area contributed by atoms with Crippen LogP contribution in [0.15, 0.2) is 0 Å². The van der Waals surface area contributed by atoms with E-state index < -0.39 is 5.60 Å². The van der Waals surface area contributed by atoms with Crippen molar-refractivity contribution in [2.45, 2.75) is 37.9 Å². The molecule has 1 fully saturated rings. The van der Waals surface area contributed by atoms with Crippen LogP contribution in [-0.4, -0.2) is 51.0 Å². The number of nitrogens with one attached hydrogen (secondary N) is 2. The zero-order valence-electron chi connectivity index (χ0n) is 11.7. The molecule has 0 aromatic heterocycles. The quantitative estimate of drug-likeness (QED) is 0.779. The summed E-state index contributed by atoms with van der Waals surface area (Å²) in [5.74, 6) is -0.0355. The summed E-state index contributed by atoms with van der Waals surface area (Å²) in [7, 11) is 3.25. The number of methoxy groups -OCH3 is 2. The van der Waals surface area contributed by atoms with E-state index in [-0.39, 0.29) is 23.9 Å². The first-order valence-corrected chi connectivity index (χ1v) is 6.05. The number of rotatable bonds is 5. The highest BCUT2D eigenvalue weighted by Gasteiger charge is 2.40. The van der Waals surface area contributed by atoms with Gasteiger partial charge in [-0.3, -0.25) is 4.79 Å². The van der Waals surface area contributed by atoms with Crippen LogP contribution in [0.5, 0.6) is 0 Å². The molecule has 1 aliphatic heterocycles. The van der Waals surface area contributed by atoms with Gasteiger partial charge in [0.1, 0.15) is 5.60 Å². The van der Waals surface area contributed by atoms with E-state index in [0.29, 0.717) is 19.4 Å². The lowest BCUT2D eigenvalue weighted by molar-refractivity contribution is -0.147. The third-order valence-electron chi connectivity index (χ3n) is 3.44. The van der Waals surface area contributed by atoms with Crippen molar-refractivity contribution >= 4 is 18.3 Å². The van der Waals surface area contributed by atoms with E-state index in [2.05, 4.69) is 10.6 Å². The zero-order chi connectivity index (χ0) is 12.9. The van der Waals surface area contributed by atoms with Gasteiger partial charge in [-0.05, 0) is 39.8 Å². The first-order valence-electron chi connectivity index (χ1n) is 6.05. The van der Waals surface area contributed by atoms with Crippen molar-refractivity contribution in [1.29, 1.82) is 0 Å². The normalized spacial score (nSPS) is 18.9. The molecule has 1 heterocycles. The minimum absolute atomic E-state index is 0. The van der Waals surface area contributed by atoms with Crippen LogP contribution in [0.3, 0.4) is 0 Å². The first kappa shape index (κ1) is 17.6. The molecule has 108 valence electrons. The summed E-state index contributed by atoms with van der Waals surface area (Å²) in [6.07, 6.45) is 1.42. The van der Waals surface area contributed by atoms with E-state index in [1.54, 1.807) is 14.2 Å². The minimum Gasteiger partial charge on any atom is -0.377 e. The number of carbonyl (C=O) groups is 1. The number of ether oxygens (including phenoxy) is 2. The van der Waals surface area contributed by atoms with Crippen molar-refractivity contribution < 1.29 is 14.3 Å². The third-order valence-corrected chi connectivity index (χ3v) is 3.44. The lowest BCUT2D eigenvalue weighted by Gasteiger charge is -2.35. The smallest absolute Gasteiger partial charge is 0.252 e. The van der Waals surface area contributed by atoms with Crippen molar-refractivity contribution in [1.82, 2.24) is 10.6 Å². The third kappa shape index (κ3) is 4.39. The molecule has 0 unspecified atom stereocenters. The molecular weight excluding hydrogens is 256 g/mol. The fourth-order valence-corrected chi connectivity index (χ4v) is 1.88. The fourth-order valence-electron chi connectivity index (χ4n) is 1.88. The van der Waals surface area contributed by atoms with Crippen molar-refractivity contribution in [3.63, 3.8) is 0 Å². The molecule has 0 atom stereocenters. The van der Waals surface area contributed by atoms with Gasteiger partial charge in [-0.1, -0.05) is 0 Å². The monoisotopic (exact) mass is 280 g/mol. The number of halogens is 1. The van der Waals surface area contributed by atoms with Gasteiger partial charge in [0.2, 0.25) is 0 Å². The Morgan fingerprint density at radius 1 is 1.33 bits per heavy atom. The second-order valence-electron chi connectivity index (χ2n) is 5.09. The number of hydrogen-bond donors (Lipinski definition) is 2. The van der Waals surface area contributed by atoms with Crippen LogP contribution in [0.2, 0.25) is 0 Å². The summed E-state index contributed by atoms with van der Waals surface area (Å²) in [6, 6.07) is 0. The minimum atomic E-state index is -0.672. The molecule has 5 nitrogen and oxygen atoms in total. The second-order valence-corrected chi connectivity index (χ2v) is 5.09. The van der Waals surface area contributed by atoms with Crippen LogP contribution in [0.1, 0.15) is 26.7 Å². The number of carbonyl (C=O) groups excluding carboxylic acids is 1. The Labute approximate surface area is 115 Å². The van der Waals surface area contributed by atoms with Gasteiger partial charge < -0.3 is 20.1 Å². The molecule has 0 aliphatic carbocycles. The molecule has 2 N–H and O–H groups in total. The highest BCUT2D eigenvalue weighted by Crippen LogP contribution is 2.22. The molecule has 0 aromatic rings. The van der Waals surface area contributed by atoms with Crippen molar-refractivity contribution in [2.75, 3.05) is 33.9 Å². The van der Waals surface area contributed by atoms with Gasteiger partial charge in [0.25, 0.3) is 5.91 Å². The maximum atomic E-state index is 12.2. The van der Waals surface area contributed by atoms with Crippen LogP contribution in [0.25, 0.3) is 0 Å². The van der Waals surface area contributed by atoms with E-state index >= 15 is 0 Å². The van der Waals surface area contributed by atoms with Gasteiger partial charge in [0, 0.05) is 20.8 Å². The van der Waals surface area contributed by atoms with Crippen LogP contribution in [0, 0.1) is 0 Å². The number of piperidine rings is 1. The molecule has 6 heteroatoms. The maximum Gasteiger partial charge on any atom is 0.252 e. The molecule has 0 saturated carbocycles. The number of amides is 1. The fraction of sp³-hybridized carbons (Fsp3) is 0.917. The Morgan fingerprint density at radius 2 is 1.89 bits per heavy atom. The summed E-state index contributed by atoms with van der Waals surface area (Å²) in [4.78, 5) is 12.2. The molecule has 0 radical (unpaired) electrons. The molecule has 18 heavy (non-hydrogen) atoms. The van der Waals surface area contributed by atoms with Crippen LogP contribution in [0.4, 0.5) is 0 Å². The second kappa shape index (κ2) is 7.28. The molecule has 1 rings (SSSR count). The van der Waals surface area contributed by atoms with E-state index in [1.807, 2.05) is 13.8 Å². The Balaban J connectivity index is 0.00000289. The predicted molar refractivity (Wildman–Crippen MR) is 73.2 cm³/mol. The summed E-state index contributed by atoms with van der Waals surface area (Å²) in [6.45, 7) is 6.00. The van der Waals surface area contributed by atoms with Gasteiger partial charge in [0.05, 0.1) is 5.60 Å². The first-order chi connectivity index (χ1) is 7.96. The van der Waals surface area contributed by atoms with E-state index in [4.69, 9.17) is 9.47 Å². The molecule has 0 aromatic carbocycles. The van der Waals surface area contributed by atoms with Gasteiger partial charge in [-0.2, -0.15) is 0 Å². The highest BCUT2D eigenvalue weighted by atomic mass is 35.5. The lowest BCUT2D eigenvalue weighted by atomic mass is 9.91. The largest absolute Gasteiger partial charge is 0.377 e. The Hall–Kier alpha value is -0.360. The Bertz CT molecular complexity index is 266. The topological polar surface area (TPSA) is 59.6 Å². The summed E-state index contributed by atoms with van der Waals surface area (Å²) < 4.78 is 10.7. The predicted octanol–water partition coefficient (Wildman–Crippen LogP) is 0.718. The van der Waals surface area contributed by atoms with Gasteiger partial charge in [0.15, 0.2) is 0 Å². The summed E-state index contributed by atoms with van der Waals surface area (Å²) in [5.41, 5.74) is -1.02. The van der Waals surface area contributed by atoms with E-state index in [9.17, 15) is 4.79 Å². The zero-order valence-corrected chi connectivity index (χ0v) is 12.5. The van der Waals surface area contributed by atoms with Crippen LogP contribution < -0.4 is 10.6 Å². The average Bonchev–Trinajstić information content (AvgIpc) is 2.37. The molecule has 1 amide bonds. The van der Waals surface area contributed by atoms with Gasteiger partial charge in [-0.15, -0.1) is 12.4 Å². The Morgan fingerprint density at radius 3 is 2.33 bits per heavy atom. The summed E-state index contributed by atoms with van der Waals surface area (Å²) >= 11 is 0. The molecule has 0 bridgehead atoms. The van der Waals surface area contributed by atoms with E-state index in [1.165, 1.54) is 0 Å². The van der Waals surface area contributed by atoms with Crippen molar-refractivity contribution in [3.05, 3.63) is 0 Å². The van der Waals surface area contributed by atoms with Gasteiger partial charge >= 0.3 is 0 Å². The van der Waals surface area contributed by atoms with Gasteiger partial charge in [-0.25, -0.2) is 0 Å². The van der Waals surface area contributed by atoms with E-state index in [0.717, 1.165) is 13.1 Å². The lowest BCUT2D eigenvalue weighted by Crippen LogP contribution is -2.56. The SMILES string of the molecule is COC(C)(C)CNC(=O)C1(OC)CCNCC1.Cl. The molecule has 1 saturated heterocycles. The van der Waals surface area contributed by atoms with Crippen LogP contribution in [-0.2, 0) is 14.3 Å². The molecule has 0 spiro atoms. The molecule has 1 aliphatic rings. The van der Waals surface area contributed by atoms with Crippen molar-refractivity contribution in [2.24, 2.45) is 0 Å². The maximum absolute atomic E-state index is 12.2. The van der Waals surface area contributed by atoms with Crippen LogP contribution >= 0.6 is 12.4 Å². The highest BCUT2D eigenvalue weighted by molar-refractivity contribution is 5.85. The van der Waals surface area contributed by atoms with Crippen molar-refractivity contribution in [3.8, 4) is 0 Å².